The maximum Gasteiger partial charge on any atom is 0.319 e. The van der Waals surface area contributed by atoms with Gasteiger partial charge in [-0.25, -0.2) is 4.79 Å². The normalized spacial score (nSPS) is 10.1. The van der Waals surface area contributed by atoms with Crippen molar-refractivity contribution in [2.75, 3.05) is 30.9 Å². The van der Waals surface area contributed by atoms with Gasteiger partial charge in [0.15, 0.2) is 0 Å². The molecule has 0 spiro atoms. The van der Waals surface area contributed by atoms with Crippen LogP contribution in [0.1, 0.15) is 11.1 Å². The van der Waals surface area contributed by atoms with Crippen LogP contribution in [0.5, 0.6) is 0 Å². The molecule has 4 nitrogen and oxygen atoms in total. The Kier molecular flexibility index (Phi) is 5.42. The summed E-state index contributed by atoms with van der Waals surface area (Å²) < 4.78 is 0. The topological polar surface area (TPSA) is 44.4 Å². The van der Waals surface area contributed by atoms with Crippen molar-refractivity contribution < 1.29 is 4.79 Å². The second-order valence-electron chi connectivity index (χ2n) is 5.56. The summed E-state index contributed by atoms with van der Waals surface area (Å²) in [5, 5.41) is 5.74. The van der Waals surface area contributed by atoms with Crippen molar-refractivity contribution in [1.29, 1.82) is 0 Å². The van der Waals surface area contributed by atoms with Crippen molar-refractivity contribution in [3.8, 4) is 0 Å². The third-order valence-electron chi connectivity index (χ3n) is 3.40. The molecule has 0 aliphatic rings. The first-order chi connectivity index (χ1) is 10.5. The number of nitrogens with one attached hydrogen (secondary N) is 2. The summed E-state index contributed by atoms with van der Waals surface area (Å²) in [5.41, 5.74) is 4.31. The highest BCUT2D eigenvalue weighted by atomic mass is 16.2. The molecule has 116 valence electrons. The lowest BCUT2D eigenvalue weighted by molar-refractivity contribution is 0.252. The van der Waals surface area contributed by atoms with Gasteiger partial charge in [0.1, 0.15) is 0 Å². The minimum atomic E-state index is -0.177. The number of carbonyl (C=O) groups is 1. The molecule has 2 N–H and O–H groups in total. The van der Waals surface area contributed by atoms with Crippen molar-refractivity contribution in [2.24, 2.45) is 0 Å². The maximum atomic E-state index is 11.9. The van der Waals surface area contributed by atoms with Crippen LogP contribution in [0.15, 0.2) is 48.5 Å². The number of rotatable bonds is 5. The van der Waals surface area contributed by atoms with E-state index in [1.807, 2.05) is 49.3 Å². The van der Waals surface area contributed by atoms with E-state index in [9.17, 15) is 4.79 Å². The first-order valence-corrected chi connectivity index (χ1v) is 7.42. The SMILES string of the molecule is Cc1cccc(CCNC(=O)Nc2cccc(N(C)C)c2)c1. The number of urea groups is 1. The largest absolute Gasteiger partial charge is 0.378 e. The third kappa shape index (κ3) is 4.81. The van der Waals surface area contributed by atoms with Gasteiger partial charge in [0.25, 0.3) is 0 Å². The average molecular weight is 297 g/mol. The van der Waals surface area contributed by atoms with E-state index in [2.05, 4.69) is 35.8 Å². The predicted octanol–water partition coefficient (Wildman–Crippen LogP) is 3.43. The van der Waals surface area contributed by atoms with Gasteiger partial charge in [-0.1, -0.05) is 35.9 Å². The van der Waals surface area contributed by atoms with Crippen LogP contribution in [-0.2, 0) is 6.42 Å². The molecule has 22 heavy (non-hydrogen) atoms. The zero-order valence-electron chi connectivity index (χ0n) is 13.4. The van der Waals surface area contributed by atoms with Crippen LogP contribution in [0.25, 0.3) is 0 Å². The molecule has 0 heterocycles. The zero-order valence-corrected chi connectivity index (χ0v) is 13.4. The number of aryl methyl sites for hydroxylation is 1. The van der Waals surface area contributed by atoms with E-state index >= 15 is 0 Å². The standard InChI is InChI=1S/C18H23N3O/c1-14-6-4-7-15(12-14)10-11-19-18(22)20-16-8-5-9-17(13-16)21(2)3/h4-9,12-13H,10-11H2,1-3H3,(H2,19,20,22). The lowest BCUT2D eigenvalue weighted by atomic mass is 10.1. The summed E-state index contributed by atoms with van der Waals surface area (Å²) in [6.07, 6.45) is 0.826. The van der Waals surface area contributed by atoms with Crippen molar-refractivity contribution in [2.45, 2.75) is 13.3 Å². The third-order valence-corrected chi connectivity index (χ3v) is 3.40. The summed E-state index contributed by atoms with van der Waals surface area (Å²) >= 11 is 0. The number of nitrogens with zero attached hydrogens (tertiary/aromatic N) is 1. The Hall–Kier alpha value is -2.49. The van der Waals surface area contributed by atoms with Crippen LogP contribution in [-0.4, -0.2) is 26.7 Å². The summed E-state index contributed by atoms with van der Waals surface area (Å²) in [4.78, 5) is 13.9. The highest BCUT2D eigenvalue weighted by Crippen LogP contribution is 2.17. The van der Waals surface area contributed by atoms with E-state index in [-0.39, 0.29) is 6.03 Å². The molecule has 0 aliphatic heterocycles. The first kappa shape index (κ1) is 15.9. The van der Waals surface area contributed by atoms with Crippen LogP contribution in [0.2, 0.25) is 0 Å². The molecule has 0 bridgehead atoms. The van der Waals surface area contributed by atoms with Gasteiger partial charge in [0.05, 0.1) is 0 Å². The highest BCUT2D eigenvalue weighted by molar-refractivity contribution is 5.89. The number of benzene rings is 2. The van der Waals surface area contributed by atoms with Crippen molar-refractivity contribution in [3.05, 3.63) is 59.7 Å². The molecular formula is C18H23N3O. The minimum Gasteiger partial charge on any atom is -0.378 e. The smallest absolute Gasteiger partial charge is 0.319 e. The summed E-state index contributed by atoms with van der Waals surface area (Å²) in [7, 11) is 3.95. The van der Waals surface area contributed by atoms with E-state index in [0.717, 1.165) is 17.8 Å². The quantitative estimate of drug-likeness (QED) is 0.888. The van der Waals surface area contributed by atoms with E-state index in [4.69, 9.17) is 0 Å². The van der Waals surface area contributed by atoms with Crippen LogP contribution < -0.4 is 15.5 Å². The van der Waals surface area contributed by atoms with Gasteiger partial charge in [0, 0.05) is 32.0 Å². The Morgan fingerprint density at radius 2 is 1.86 bits per heavy atom. The molecule has 0 saturated heterocycles. The number of carbonyl (C=O) groups excluding carboxylic acids is 1. The molecular weight excluding hydrogens is 274 g/mol. The van der Waals surface area contributed by atoms with Gasteiger partial charge < -0.3 is 15.5 Å². The Balaban J connectivity index is 1.82. The number of anilines is 2. The van der Waals surface area contributed by atoms with Crippen LogP contribution in [0.4, 0.5) is 16.2 Å². The monoisotopic (exact) mass is 297 g/mol. The fourth-order valence-corrected chi connectivity index (χ4v) is 2.23. The molecule has 2 aromatic carbocycles. The molecule has 0 fully saturated rings. The molecule has 2 rings (SSSR count). The molecule has 0 unspecified atom stereocenters. The van der Waals surface area contributed by atoms with E-state index in [1.54, 1.807) is 0 Å². The molecule has 0 aromatic heterocycles. The van der Waals surface area contributed by atoms with Crippen molar-refractivity contribution in [1.82, 2.24) is 5.32 Å². The predicted molar refractivity (Wildman–Crippen MR) is 92.7 cm³/mol. The fourth-order valence-electron chi connectivity index (χ4n) is 2.23. The number of hydrogen-bond donors (Lipinski definition) is 2. The summed E-state index contributed by atoms with van der Waals surface area (Å²) in [6.45, 7) is 2.68. The molecule has 2 aromatic rings. The molecule has 0 aliphatic carbocycles. The average Bonchev–Trinajstić information content (AvgIpc) is 2.47. The second kappa shape index (κ2) is 7.50. The Morgan fingerprint density at radius 1 is 1.09 bits per heavy atom. The van der Waals surface area contributed by atoms with Crippen molar-refractivity contribution >= 4 is 17.4 Å². The van der Waals surface area contributed by atoms with Gasteiger partial charge in [-0.05, 0) is 37.1 Å². The Bertz CT molecular complexity index is 638. The van der Waals surface area contributed by atoms with Crippen LogP contribution in [0.3, 0.4) is 0 Å². The van der Waals surface area contributed by atoms with E-state index in [0.29, 0.717) is 6.54 Å². The van der Waals surface area contributed by atoms with Crippen molar-refractivity contribution in [3.63, 3.8) is 0 Å². The fraction of sp³-hybridized carbons (Fsp3) is 0.278. The van der Waals surface area contributed by atoms with Gasteiger partial charge >= 0.3 is 6.03 Å². The first-order valence-electron chi connectivity index (χ1n) is 7.42. The van der Waals surface area contributed by atoms with Gasteiger partial charge in [-0.3, -0.25) is 0 Å². The zero-order chi connectivity index (χ0) is 15.9. The summed E-state index contributed by atoms with van der Waals surface area (Å²) in [5.74, 6) is 0. The lowest BCUT2D eigenvalue weighted by Gasteiger charge is -2.14. The van der Waals surface area contributed by atoms with Crippen LogP contribution in [0, 0.1) is 6.92 Å². The van der Waals surface area contributed by atoms with Gasteiger partial charge in [0.2, 0.25) is 0 Å². The second-order valence-corrected chi connectivity index (χ2v) is 5.56. The van der Waals surface area contributed by atoms with Gasteiger partial charge in [-0.2, -0.15) is 0 Å². The molecule has 2 amide bonds. The Labute approximate surface area is 132 Å². The van der Waals surface area contributed by atoms with Crippen LogP contribution >= 0.6 is 0 Å². The molecule has 0 saturated carbocycles. The summed E-state index contributed by atoms with van der Waals surface area (Å²) in [6, 6.07) is 15.9. The van der Waals surface area contributed by atoms with E-state index < -0.39 is 0 Å². The van der Waals surface area contributed by atoms with Gasteiger partial charge in [-0.15, -0.1) is 0 Å². The maximum absolute atomic E-state index is 11.9. The van der Waals surface area contributed by atoms with E-state index in [1.165, 1.54) is 11.1 Å². The lowest BCUT2D eigenvalue weighted by Crippen LogP contribution is -2.30. The number of hydrogen-bond acceptors (Lipinski definition) is 2. The molecule has 0 radical (unpaired) electrons. The highest BCUT2D eigenvalue weighted by Gasteiger charge is 2.03. The minimum absolute atomic E-state index is 0.177. The molecule has 4 heteroatoms. The molecule has 0 atom stereocenters. The number of amides is 2. The Morgan fingerprint density at radius 3 is 2.59 bits per heavy atom.